The summed E-state index contributed by atoms with van der Waals surface area (Å²) in [5, 5.41) is 33.3. The van der Waals surface area contributed by atoms with Crippen LogP contribution < -0.4 is 0 Å². The average molecular weight is 455 g/mol. The van der Waals surface area contributed by atoms with E-state index in [1.807, 2.05) is 6.92 Å². The zero-order valence-corrected chi connectivity index (χ0v) is 21.3. The summed E-state index contributed by atoms with van der Waals surface area (Å²) in [6, 6.07) is 8.34. The molecule has 184 valence electrons. The maximum atomic E-state index is 11.8. The zero-order chi connectivity index (χ0) is 23.6. The molecule has 3 heteroatoms. The number of fused-ring (bicyclic) bond motifs is 5. The van der Waals surface area contributed by atoms with Crippen LogP contribution in [-0.4, -0.2) is 33.1 Å². The van der Waals surface area contributed by atoms with Crippen molar-refractivity contribution in [3.8, 4) is 0 Å². The van der Waals surface area contributed by atoms with E-state index in [1.165, 1.54) is 44.1 Å². The Balaban J connectivity index is 1.34. The molecule has 0 unspecified atom stereocenters. The Labute approximate surface area is 201 Å². The molecule has 0 saturated heterocycles. The number of hydrogen-bond acceptors (Lipinski definition) is 3. The molecule has 4 aliphatic carbocycles. The molecule has 0 amide bonds. The van der Waals surface area contributed by atoms with Crippen LogP contribution in [0.4, 0.5) is 0 Å². The van der Waals surface area contributed by atoms with Crippen molar-refractivity contribution in [2.75, 3.05) is 0 Å². The molecular weight excluding hydrogens is 408 g/mol. The Kier molecular flexibility index (Phi) is 6.03. The van der Waals surface area contributed by atoms with Gasteiger partial charge in [-0.05, 0) is 118 Å². The lowest BCUT2D eigenvalue weighted by Crippen LogP contribution is -2.57. The van der Waals surface area contributed by atoms with Crippen molar-refractivity contribution < 1.29 is 15.3 Å². The van der Waals surface area contributed by atoms with Crippen molar-refractivity contribution in [3.63, 3.8) is 0 Å². The summed E-state index contributed by atoms with van der Waals surface area (Å²) in [5.74, 6) is 3.00. The number of benzene rings is 1. The lowest BCUT2D eigenvalue weighted by Gasteiger charge is -2.61. The van der Waals surface area contributed by atoms with E-state index in [1.54, 1.807) is 0 Å². The van der Waals surface area contributed by atoms with Gasteiger partial charge < -0.3 is 15.3 Å². The van der Waals surface area contributed by atoms with Gasteiger partial charge in [0.05, 0.1) is 17.8 Å². The van der Waals surface area contributed by atoms with Crippen molar-refractivity contribution in [2.24, 2.45) is 40.4 Å². The molecule has 0 aliphatic heterocycles. The van der Waals surface area contributed by atoms with Gasteiger partial charge in [-0.15, -0.1) is 0 Å². The van der Waals surface area contributed by atoms with E-state index >= 15 is 0 Å². The molecule has 0 aromatic heterocycles. The van der Waals surface area contributed by atoms with Crippen LogP contribution in [0.15, 0.2) is 24.3 Å². The Bertz CT molecular complexity index is 847. The first-order chi connectivity index (χ1) is 15.6. The standard InChI is InChI=1S/C30H46O3/c1-19-5-7-20(8-6-19)17-27(32)30(4,33)26-12-11-24-23-10-9-21-18-22(31)13-15-28(21,2)25(23)14-16-29(24,26)3/h5-8,21-27,31-33H,9-18H2,1-4H3/t21-,22-,23-,24-,25-,26-,27-,28-,29-,30-/m0/s1. The van der Waals surface area contributed by atoms with Gasteiger partial charge in [0, 0.05) is 6.42 Å². The van der Waals surface area contributed by atoms with E-state index < -0.39 is 11.7 Å². The second-order valence-corrected chi connectivity index (χ2v) is 13.2. The van der Waals surface area contributed by atoms with Crippen molar-refractivity contribution in [1.82, 2.24) is 0 Å². The first-order valence-corrected chi connectivity index (χ1v) is 13.7. The van der Waals surface area contributed by atoms with Crippen LogP contribution in [0.1, 0.15) is 89.7 Å². The van der Waals surface area contributed by atoms with E-state index in [-0.39, 0.29) is 17.4 Å². The molecule has 3 nitrogen and oxygen atoms in total. The summed E-state index contributed by atoms with van der Waals surface area (Å²) in [5.41, 5.74) is 1.74. The molecule has 33 heavy (non-hydrogen) atoms. The molecule has 1 aromatic carbocycles. The maximum Gasteiger partial charge on any atom is 0.0914 e. The molecule has 4 fully saturated rings. The van der Waals surface area contributed by atoms with Crippen LogP contribution in [0.2, 0.25) is 0 Å². The van der Waals surface area contributed by atoms with Crippen molar-refractivity contribution >= 4 is 0 Å². The number of hydrogen-bond donors (Lipinski definition) is 3. The Hall–Kier alpha value is -0.900. The SMILES string of the molecule is Cc1ccc(C[C@H](O)[C@@](C)(O)[C@H]2CC[C@H]3[C@@H]4CC[C@H]5C[C@@H](O)CC[C@]5(C)[C@H]4CC[C@]23C)cc1. The van der Waals surface area contributed by atoms with Crippen LogP contribution in [-0.2, 0) is 6.42 Å². The second-order valence-electron chi connectivity index (χ2n) is 13.2. The summed E-state index contributed by atoms with van der Waals surface area (Å²) in [6.07, 6.45) is 10.0. The van der Waals surface area contributed by atoms with Crippen LogP contribution in [0.5, 0.6) is 0 Å². The highest BCUT2D eigenvalue weighted by atomic mass is 16.3. The molecule has 5 rings (SSSR count). The molecule has 0 heterocycles. The molecular formula is C30H46O3. The smallest absolute Gasteiger partial charge is 0.0914 e. The highest BCUT2D eigenvalue weighted by molar-refractivity contribution is 5.23. The highest BCUT2D eigenvalue weighted by Crippen LogP contribution is 2.68. The van der Waals surface area contributed by atoms with E-state index in [2.05, 4.69) is 45.0 Å². The third-order valence-corrected chi connectivity index (χ3v) is 11.6. The van der Waals surface area contributed by atoms with Gasteiger partial charge in [0.15, 0.2) is 0 Å². The third kappa shape index (κ3) is 3.81. The average Bonchev–Trinajstić information content (AvgIpc) is 3.14. The predicted octanol–water partition coefficient (Wildman–Crippen LogP) is 5.67. The van der Waals surface area contributed by atoms with Gasteiger partial charge in [-0.1, -0.05) is 43.7 Å². The molecule has 0 radical (unpaired) electrons. The van der Waals surface area contributed by atoms with Crippen LogP contribution in [0.25, 0.3) is 0 Å². The fourth-order valence-corrected chi connectivity index (χ4v) is 9.58. The van der Waals surface area contributed by atoms with E-state index in [9.17, 15) is 15.3 Å². The van der Waals surface area contributed by atoms with Gasteiger partial charge in [-0.2, -0.15) is 0 Å². The molecule has 0 spiro atoms. The van der Waals surface area contributed by atoms with E-state index in [0.29, 0.717) is 23.7 Å². The second kappa shape index (κ2) is 8.35. The fraction of sp³-hybridized carbons (Fsp3) is 0.800. The minimum atomic E-state index is -1.07. The minimum absolute atomic E-state index is 0.0885. The molecule has 0 bridgehead atoms. The summed E-state index contributed by atoms with van der Waals surface area (Å²) < 4.78 is 0. The number of aliphatic hydroxyl groups excluding tert-OH is 2. The van der Waals surface area contributed by atoms with Gasteiger partial charge in [0.2, 0.25) is 0 Å². The molecule has 3 N–H and O–H groups in total. The zero-order valence-electron chi connectivity index (χ0n) is 21.3. The first kappa shape index (κ1) is 23.8. The van der Waals surface area contributed by atoms with Crippen molar-refractivity contribution in [1.29, 1.82) is 0 Å². The van der Waals surface area contributed by atoms with E-state index in [4.69, 9.17) is 0 Å². The van der Waals surface area contributed by atoms with Gasteiger partial charge >= 0.3 is 0 Å². The number of aliphatic hydroxyl groups is 3. The lowest BCUT2D eigenvalue weighted by atomic mass is 9.44. The summed E-state index contributed by atoms with van der Waals surface area (Å²) in [4.78, 5) is 0. The molecule has 1 aromatic rings. The quantitative estimate of drug-likeness (QED) is 0.549. The molecule has 4 saturated carbocycles. The van der Waals surface area contributed by atoms with Crippen LogP contribution in [0, 0.1) is 47.3 Å². The van der Waals surface area contributed by atoms with Crippen molar-refractivity contribution in [3.05, 3.63) is 35.4 Å². The predicted molar refractivity (Wildman–Crippen MR) is 133 cm³/mol. The number of aryl methyl sites for hydroxylation is 1. The highest BCUT2D eigenvalue weighted by Gasteiger charge is 2.63. The van der Waals surface area contributed by atoms with Gasteiger partial charge in [0.1, 0.15) is 0 Å². The van der Waals surface area contributed by atoms with Crippen molar-refractivity contribution in [2.45, 2.75) is 110 Å². The van der Waals surface area contributed by atoms with Gasteiger partial charge in [0.25, 0.3) is 0 Å². The number of rotatable bonds is 4. The summed E-state index contributed by atoms with van der Waals surface area (Å²) in [7, 11) is 0. The largest absolute Gasteiger partial charge is 0.393 e. The van der Waals surface area contributed by atoms with Crippen LogP contribution >= 0.6 is 0 Å². The van der Waals surface area contributed by atoms with Gasteiger partial charge in [-0.3, -0.25) is 0 Å². The third-order valence-electron chi connectivity index (χ3n) is 11.6. The minimum Gasteiger partial charge on any atom is -0.393 e. The normalized spacial score (nSPS) is 45.4. The fourth-order valence-electron chi connectivity index (χ4n) is 9.58. The molecule has 4 aliphatic rings. The lowest BCUT2D eigenvalue weighted by molar-refractivity contribution is -0.165. The summed E-state index contributed by atoms with van der Waals surface area (Å²) >= 11 is 0. The Morgan fingerprint density at radius 2 is 1.61 bits per heavy atom. The monoisotopic (exact) mass is 454 g/mol. The molecule has 10 atom stereocenters. The first-order valence-electron chi connectivity index (χ1n) is 13.7. The maximum absolute atomic E-state index is 11.8. The Morgan fingerprint density at radius 1 is 0.939 bits per heavy atom. The summed E-state index contributed by atoms with van der Waals surface area (Å²) in [6.45, 7) is 8.97. The van der Waals surface area contributed by atoms with E-state index in [0.717, 1.165) is 36.7 Å². The topological polar surface area (TPSA) is 60.7 Å². The Morgan fingerprint density at radius 3 is 2.33 bits per heavy atom. The van der Waals surface area contributed by atoms with Crippen LogP contribution in [0.3, 0.4) is 0 Å². The van der Waals surface area contributed by atoms with Gasteiger partial charge in [-0.25, -0.2) is 0 Å².